The highest BCUT2D eigenvalue weighted by Crippen LogP contribution is 2.42. The third kappa shape index (κ3) is 2.41. The van der Waals surface area contributed by atoms with Crippen molar-refractivity contribution in [3.63, 3.8) is 0 Å². The first-order valence-electron chi connectivity index (χ1n) is 7.59. The predicted octanol–water partition coefficient (Wildman–Crippen LogP) is 0.532. The van der Waals surface area contributed by atoms with Crippen LogP contribution in [0, 0.1) is 0 Å². The second-order valence-corrected chi connectivity index (χ2v) is 5.95. The zero-order valence-corrected chi connectivity index (χ0v) is 13.7. The third-order valence-electron chi connectivity index (χ3n) is 4.62. The summed E-state index contributed by atoms with van der Waals surface area (Å²) < 4.78 is 9.94. The molecule has 0 aromatic heterocycles. The van der Waals surface area contributed by atoms with Crippen LogP contribution in [0.25, 0.3) is 0 Å². The van der Waals surface area contributed by atoms with Crippen LogP contribution in [0.1, 0.15) is 50.4 Å². The van der Waals surface area contributed by atoms with Gasteiger partial charge in [-0.15, -0.1) is 0 Å². The number of hydrogen-bond donors (Lipinski definition) is 3. The van der Waals surface area contributed by atoms with E-state index >= 15 is 0 Å². The molecule has 0 fully saturated rings. The topological polar surface area (TPSA) is 136 Å². The molecule has 2 aliphatic rings. The summed E-state index contributed by atoms with van der Waals surface area (Å²) in [6.45, 7) is 1.03. The Morgan fingerprint density at radius 2 is 2.04 bits per heavy atom. The lowest BCUT2D eigenvalue weighted by Crippen LogP contribution is -2.26. The number of aliphatic hydroxyl groups is 2. The molecule has 0 spiro atoms. The monoisotopic (exact) mass is 347 g/mol. The molecule has 3 rings (SSSR count). The van der Waals surface area contributed by atoms with Crippen LogP contribution in [0.3, 0.4) is 0 Å². The number of methoxy groups -OCH3 is 1. The fourth-order valence-corrected chi connectivity index (χ4v) is 3.55. The van der Waals surface area contributed by atoms with Gasteiger partial charge in [-0.3, -0.25) is 9.59 Å². The Kier molecular flexibility index (Phi) is 4.09. The Labute approximate surface area is 142 Å². The zero-order valence-electron chi connectivity index (χ0n) is 13.7. The normalized spacial score (nSPS) is 21.9. The van der Waals surface area contributed by atoms with Gasteiger partial charge in [0.2, 0.25) is 5.78 Å². The SMILES string of the molecule is COC1=C(C)C(=O)c2c(cc(CO)c3c2CC(OC(N)=O)C3O)C1=O. The van der Waals surface area contributed by atoms with Gasteiger partial charge in [0.25, 0.3) is 0 Å². The molecule has 4 N–H and O–H groups in total. The second kappa shape index (κ2) is 5.98. The van der Waals surface area contributed by atoms with E-state index in [9.17, 15) is 24.6 Å². The number of primary amides is 1. The maximum Gasteiger partial charge on any atom is 0.404 e. The van der Waals surface area contributed by atoms with Crippen molar-refractivity contribution in [1.29, 1.82) is 0 Å². The molecule has 25 heavy (non-hydrogen) atoms. The second-order valence-electron chi connectivity index (χ2n) is 5.95. The fourth-order valence-electron chi connectivity index (χ4n) is 3.55. The van der Waals surface area contributed by atoms with Gasteiger partial charge in [-0.2, -0.15) is 0 Å². The summed E-state index contributed by atoms with van der Waals surface area (Å²) in [5, 5.41) is 20.1. The number of carbonyl (C=O) groups excluding carboxylic acids is 3. The van der Waals surface area contributed by atoms with Crippen LogP contribution in [0.4, 0.5) is 4.79 Å². The van der Waals surface area contributed by atoms with Crippen LogP contribution in [0.5, 0.6) is 0 Å². The van der Waals surface area contributed by atoms with E-state index in [4.69, 9.17) is 15.2 Å². The fraction of sp³-hybridized carbons (Fsp3) is 0.353. The van der Waals surface area contributed by atoms with E-state index in [0.717, 1.165) is 0 Å². The number of benzene rings is 1. The van der Waals surface area contributed by atoms with Crippen LogP contribution in [0.15, 0.2) is 17.4 Å². The maximum absolute atomic E-state index is 12.8. The minimum Gasteiger partial charge on any atom is -0.492 e. The molecule has 2 atom stereocenters. The average molecular weight is 347 g/mol. The highest BCUT2D eigenvalue weighted by atomic mass is 16.6. The van der Waals surface area contributed by atoms with Gasteiger partial charge in [0.1, 0.15) is 12.2 Å². The van der Waals surface area contributed by atoms with Crippen LogP contribution < -0.4 is 5.73 Å². The molecular formula is C17H17NO7. The molecule has 1 aromatic rings. The highest BCUT2D eigenvalue weighted by molar-refractivity contribution is 6.26. The predicted molar refractivity (Wildman–Crippen MR) is 83.9 cm³/mol. The molecule has 1 amide bonds. The first-order chi connectivity index (χ1) is 11.8. The molecule has 0 saturated carbocycles. The van der Waals surface area contributed by atoms with E-state index in [1.54, 1.807) is 0 Å². The molecule has 8 heteroatoms. The highest BCUT2D eigenvalue weighted by Gasteiger charge is 2.42. The smallest absolute Gasteiger partial charge is 0.404 e. The van der Waals surface area contributed by atoms with Crippen molar-refractivity contribution in [2.45, 2.75) is 32.2 Å². The standard InChI is InChI=1S/C17H17NO7/c1-6-13(20)12-8-4-10(25-17(18)23)15(22)11(8)7(5-19)3-9(12)14(21)16(6)24-2/h3,10,15,19,22H,4-5H2,1-2H3,(H2,18,23). The van der Waals surface area contributed by atoms with Gasteiger partial charge < -0.3 is 25.4 Å². The molecule has 0 aliphatic heterocycles. The van der Waals surface area contributed by atoms with Gasteiger partial charge in [-0.05, 0) is 29.7 Å². The number of hydrogen-bond acceptors (Lipinski definition) is 7. The number of allylic oxidation sites excluding steroid dienone is 2. The van der Waals surface area contributed by atoms with Gasteiger partial charge in [0.15, 0.2) is 11.5 Å². The number of ether oxygens (including phenoxy) is 2. The van der Waals surface area contributed by atoms with Crippen molar-refractivity contribution in [2.75, 3.05) is 7.11 Å². The van der Waals surface area contributed by atoms with Crippen molar-refractivity contribution < 1.29 is 34.1 Å². The largest absolute Gasteiger partial charge is 0.492 e. The minimum absolute atomic E-state index is 0.0181. The number of amides is 1. The number of aliphatic hydroxyl groups excluding tert-OH is 2. The van der Waals surface area contributed by atoms with Crippen LogP contribution in [-0.2, 0) is 22.5 Å². The van der Waals surface area contributed by atoms with Gasteiger partial charge in [-0.1, -0.05) is 0 Å². The summed E-state index contributed by atoms with van der Waals surface area (Å²) in [6.07, 6.45) is -3.27. The third-order valence-corrected chi connectivity index (χ3v) is 4.62. The van der Waals surface area contributed by atoms with Gasteiger partial charge in [0.05, 0.1) is 13.7 Å². The van der Waals surface area contributed by atoms with E-state index in [2.05, 4.69) is 0 Å². The Morgan fingerprint density at radius 3 is 2.60 bits per heavy atom. The van der Waals surface area contributed by atoms with E-state index in [0.29, 0.717) is 11.1 Å². The number of fused-ring (bicyclic) bond motifs is 3. The van der Waals surface area contributed by atoms with Crippen molar-refractivity contribution in [1.82, 2.24) is 0 Å². The molecule has 8 nitrogen and oxygen atoms in total. The minimum atomic E-state index is -1.24. The maximum atomic E-state index is 12.8. The summed E-state index contributed by atoms with van der Waals surface area (Å²) in [4.78, 5) is 36.4. The van der Waals surface area contributed by atoms with Crippen LogP contribution in [-0.4, -0.2) is 41.1 Å². The number of Topliss-reactive ketones (excluding diaryl/α,β-unsaturated/α-hetero) is 2. The van der Waals surface area contributed by atoms with Crippen LogP contribution >= 0.6 is 0 Å². The number of ketones is 2. The summed E-state index contributed by atoms with van der Waals surface area (Å²) in [6, 6.07) is 1.37. The Balaban J connectivity index is 2.23. The summed E-state index contributed by atoms with van der Waals surface area (Å²) >= 11 is 0. The lowest BCUT2D eigenvalue weighted by atomic mass is 9.82. The van der Waals surface area contributed by atoms with Crippen molar-refractivity contribution in [3.8, 4) is 0 Å². The molecule has 2 aliphatic carbocycles. The number of nitrogens with two attached hydrogens (primary N) is 1. The lowest BCUT2D eigenvalue weighted by Gasteiger charge is -2.22. The Morgan fingerprint density at radius 1 is 1.36 bits per heavy atom. The van der Waals surface area contributed by atoms with Gasteiger partial charge in [-0.25, -0.2) is 4.79 Å². The van der Waals surface area contributed by atoms with E-state index in [1.807, 2.05) is 0 Å². The first kappa shape index (κ1) is 17.1. The Hall–Kier alpha value is -2.71. The van der Waals surface area contributed by atoms with Crippen molar-refractivity contribution >= 4 is 17.7 Å². The van der Waals surface area contributed by atoms with E-state index < -0.39 is 36.5 Å². The van der Waals surface area contributed by atoms with E-state index in [1.165, 1.54) is 20.1 Å². The Bertz CT molecular complexity index is 840. The first-order valence-corrected chi connectivity index (χ1v) is 7.59. The summed E-state index contributed by atoms with van der Waals surface area (Å²) in [5.74, 6) is -0.926. The molecule has 0 heterocycles. The van der Waals surface area contributed by atoms with Gasteiger partial charge in [0, 0.05) is 23.1 Å². The molecule has 0 radical (unpaired) electrons. The van der Waals surface area contributed by atoms with E-state index in [-0.39, 0.29) is 34.4 Å². The number of rotatable bonds is 3. The average Bonchev–Trinajstić information content (AvgIpc) is 2.88. The molecular weight excluding hydrogens is 330 g/mol. The van der Waals surface area contributed by atoms with Crippen molar-refractivity contribution in [3.05, 3.63) is 45.2 Å². The van der Waals surface area contributed by atoms with Gasteiger partial charge >= 0.3 is 6.09 Å². The molecule has 2 unspecified atom stereocenters. The molecule has 132 valence electrons. The summed E-state index contributed by atoms with van der Waals surface area (Å²) in [7, 11) is 1.30. The molecule has 0 bridgehead atoms. The van der Waals surface area contributed by atoms with Crippen molar-refractivity contribution in [2.24, 2.45) is 5.73 Å². The quantitative estimate of drug-likeness (QED) is 0.725. The number of carbonyl (C=O) groups is 3. The van der Waals surface area contributed by atoms with Crippen LogP contribution in [0.2, 0.25) is 0 Å². The molecule has 0 saturated heterocycles. The summed E-state index contributed by atoms with van der Waals surface area (Å²) in [5.41, 5.74) is 6.38. The lowest BCUT2D eigenvalue weighted by molar-refractivity contribution is 0.0164. The molecule has 1 aromatic carbocycles. The zero-order chi connectivity index (χ0) is 18.5.